The summed E-state index contributed by atoms with van der Waals surface area (Å²) >= 11 is 0. The van der Waals surface area contributed by atoms with E-state index in [1.165, 1.54) is 32.0 Å². The SMILES string of the molecule is COc1ccc(C(=O)NCC(C)(C)C(=O)O)cc1-n1cnnn1. The summed E-state index contributed by atoms with van der Waals surface area (Å²) in [6.07, 6.45) is 1.38. The van der Waals surface area contributed by atoms with E-state index in [9.17, 15) is 9.59 Å². The molecule has 0 aliphatic rings. The second-order valence-electron chi connectivity index (χ2n) is 5.51. The van der Waals surface area contributed by atoms with Crippen molar-refractivity contribution in [1.29, 1.82) is 0 Å². The van der Waals surface area contributed by atoms with Gasteiger partial charge < -0.3 is 15.2 Å². The minimum absolute atomic E-state index is 0.00735. The highest BCUT2D eigenvalue weighted by Crippen LogP contribution is 2.23. The number of hydrogen-bond donors (Lipinski definition) is 2. The van der Waals surface area contributed by atoms with Crippen molar-refractivity contribution < 1.29 is 19.4 Å². The van der Waals surface area contributed by atoms with E-state index in [-0.39, 0.29) is 6.54 Å². The molecule has 0 saturated carbocycles. The van der Waals surface area contributed by atoms with Crippen molar-refractivity contribution in [2.75, 3.05) is 13.7 Å². The molecule has 0 bridgehead atoms. The number of hydrogen-bond acceptors (Lipinski definition) is 6. The molecule has 1 amide bonds. The normalized spacial score (nSPS) is 11.1. The van der Waals surface area contributed by atoms with Crippen molar-refractivity contribution in [1.82, 2.24) is 25.5 Å². The molecule has 0 unspecified atom stereocenters. The molecule has 2 N–H and O–H groups in total. The van der Waals surface area contributed by atoms with Gasteiger partial charge in [-0.1, -0.05) is 0 Å². The van der Waals surface area contributed by atoms with Crippen LogP contribution in [-0.2, 0) is 4.79 Å². The van der Waals surface area contributed by atoms with Crippen molar-refractivity contribution in [3.63, 3.8) is 0 Å². The fraction of sp³-hybridized carbons (Fsp3) is 0.357. The molecule has 0 aliphatic carbocycles. The average molecular weight is 319 g/mol. The van der Waals surface area contributed by atoms with Crippen molar-refractivity contribution in [2.45, 2.75) is 13.8 Å². The Hall–Kier alpha value is -2.97. The number of carbonyl (C=O) groups excluding carboxylic acids is 1. The molecule has 23 heavy (non-hydrogen) atoms. The van der Waals surface area contributed by atoms with E-state index < -0.39 is 17.3 Å². The number of nitrogens with zero attached hydrogens (tertiary/aromatic N) is 4. The second kappa shape index (κ2) is 6.42. The maximum absolute atomic E-state index is 12.2. The van der Waals surface area contributed by atoms with Crippen LogP contribution in [0, 0.1) is 5.41 Å². The van der Waals surface area contributed by atoms with E-state index in [2.05, 4.69) is 20.8 Å². The number of benzene rings is 1. The van der Waals surface area contributed by atoms with Crippen LogP contribution < -0.4 is 10.1 Å². The molecule has 1 aromatic heterocycles. The fourth-order valence-electron chi connectivity index (χ4n) is 1.76. The van der Waals surface area contributed by atoms with Gasteiger partial charge in [-0.05, 0) is 42.5 Å². The number of tetrazole rings is 1. The number of amides is 1. The second-order valence-corrected chi connectivity index (χ2v) is 5.51. The lowest BCUT2D eigenvalue weighted by Crippen LogP contribution is -2.38. The number of methoxy groups -OCH3 is 1. The Morgan fingerprint density at radius 3 is 2.70 bits per heavy atom. The van der Waals surface area contributed by atoms with Gasteiger partial charge >= 0.3 is 5.97 Å². The maximum atomic E-state index is 12.2. The van der Waals surface area contributed by atoms with Crippen molar-refractivity contribution in [2.24, 2.45) is 5.41 Å². The predicted octanol–water partition coefficient (Wildman–Crippen LogP) is 0.511. The Morgan fingerprint density at radius 2 is 2.13 bits per heavy atom. The summed E-state index contributed by atoms with van der Waals surface area (Å²) in [7, 11) is 1.50. The standard InChI is InChI=1S/C14H17N5O4/c1-14(2,13(21)22)7-15-12(20)9-4-5-11(23-3)10(6-9)19-8-16-17-18-19/h4-6,8H,7H2,1-3H3,(H,15,20)(H,21,22). The summed E-state index contributed by atoms with van der Waals surface area (Å²) in [6.45, 7) is 3.08. The highest BCUT2D eigenvalue weighted by molar-refractivity contribution is 5.95. The third-order valence-corrected chi connectivity index (χ3v) is 3.31. The fourth-order valence-corrected chi connectivity index (χ4v) is 1.76. The lowest BCUT2D eigenvalue weighted by Gasteiger charge is -2.19. The molecule has 9 heteroatoms. The molecule has 0 atom stereocenters. The molecule has 0 fully saturated rings. The quantitative estimate of drug-likeness (QED) is 0.796. The molecule has 122 valence electrons. The van der Waals surface area contributed by atoms with Crippen LogP contribution in [0.4, 0.5) is 0 Å². The Morgan fingerprint density at radius 1 is 1.39 bits per heavy atom. The zero-order chi connectivity index (χ0) is 17.0. The average Bonchev–Trinajstić information content (AvgIpc) is 3.06. The van der Waals surface area contributed by atoms with Crippen LogP contribution in [-0.4, -0.2) is 50.8 Å². The van der Waals surface area contributed by atoms with Gasteiger partial charge in [0.2, 0.25) is 0 Å². The van der Waals surface area contributed by atoms with Gasteiger partial charge in [0.15, 0.2) is 0 Å². The summed E-state index contributed by atoms with van der Waals surface area (Å²) in [6, 6.07) is 4.77. The predicted molar refractivity (Wildman–Crippen MR) is 79.5 cm³/mol. The smallest absolute Gasteiger partial charge is 0.310 e. The lowest BCUT2D eigenvalue weighted by molar-refractivity contribution is -0.146. The van der Waals surface area contributed by atoms with E-state index >= 15 is 0 Å². The first-order valence-corrected chi connectivity index (χ1v) is 6.78. The Bertz CT molecular complexity index is 712. The molecular weight excluding hydrogens is 302 g/mol. The van der Waals surface area contributed by atoms with Crippen molar-refractivity contribution in [3.05, 3.63) is 30.1 Å². The van der Waals surface area contributed by atoms with E-state index in [1.807, 2.05) is 0 Å². The number of aromatic nitrogens is 4. The topological polar surface area (TPSA) is 119 Å². The zero-order valence-electron chi connectivity index (χ0n) is 13.0. The van der Waals surface area contributed by atoms with Crippen LogP contribution in [0.2, 0.25) is 0 Å². The van der Waals surface area contributed by atoms with Crippen LogP contribution in [0.5, 0.6) is 5.75 Å². The number of aliphatic carboxylic acids is 1. The Labute approximate surface area is 132 Å². The van der Waals surface area contributed by atoms with Gasteiger partial charge in [0.1, 0.15) is 17.8 Å². The maximum Gasteiger partial charge on any atom is 0.310 e. The van der Waals surface area contributed by atoms with E-state index in [0.29, 0.717) is 17.0 Å². The highest BCUT2D eigenvalue weighted by Gasteiger charge is 2.27. The Balaban J connectivity index is 2.22. The molecule has 1 heterocycles. The largest absolute Gasteiger partial charge is 0.494 e. The third kappa shape index (κ3) is 3.62. The van der Waals surface area contributed by atoms with Crippen LogP contribution in [0.1, 0.15) is 24.2 Å². The molecule has 0 aliphatic heterocycles. The molecule has 1 aromatic carbocycles. The van der Waals surface area contributed by atoms with Gasteiger partial charge in [0.25, 0.3) is 5.91 Å². The molecular formula is C14H17N5O4. The highest BCUT2D eigenvalue weighted by atomic mass is 16.5. The number of carbonyl (C=O) groups is 2. The van der Waals surface area contributed by atoms with E-state index in [0.717, 1.165) is 0 Å². The minimum atomic E-state index is -1.05. The summed E-state index contributed by atoms with van der Waals surface area (Å²) in [5.41, 5.74) is -0.207. The lowest BCUT2D eigenvalue weighted by atomic mass is 9.94. The van der Waals surface area contributed by atoms with Crippen LogP contribution in [0.25, 0.3) is 5.69 Å². The van der Waals surface area contributed by atoms with E-state index in [4.69, 9.17) is 9.84 Å². The summed E-state index contributed by atoms with van der Waals surface area (Å²) in [5, 5.41) is 22.5. The molecule has 0 saturated heterocycles. The minimum Gasteiger partial charge on any atom is -0.494 e. The molecule has 9 nitrogen and oxygen atoms in total. The first-order chi connectivity index (χ1) is 10.8. The van der Waals surface area contributed by atoms with Gasteiger partial charge in [-0.2, -0.15) is 4.68 Å². The summed E-state index contributed by atoms with van der Waals surface area (Å²) in [4.78, 5) is 23.3. The van der Waals surface area contributed by atoms with Gasteiger partial charge in [0.05, 0.1) is 12.5 Å². The first-order valence-electron chi connectivity index (χ1n) is 6.78. The van der Waals surface area contributed by atoms with Crippen LogP contribution >= 0.6 is 0 Å². The molecule has 0 spiro atoms. The number of nitrogens with one attached hydrogen (secondary N) is 1. The number of ether oxygens (including phenoxy) is 1. The van der Waals surface area contributed by atoms with E-state index in [1.54, 1.807) is 18.2 Å². The summed E-state index contributed by atoms with van der Waals surface area (Å²) in [5.74, 6) is -0.877. The summed E-state index contributed by atoms with van der Waals surface area (Å²) < 4.78 is 6.60. The number of carboxylic acids is 1. The molecule has 2 aromatic rings. The van der Waals surface area contributed by atoms with Crippen LogP contribution in [0.15, 0.2) is 24.5 Å². The van der Waals surface area contributed by atoms with Gasteiger partial charge in [-0.25, -0.2) is 0 Å². The number of carboxylic acid groups (broad SMARTS) is 1. The molecule has 0 radical (unpaired) electrons. The number of rotatable bonds is 6. The van der Waals surface area contributed by atoms with Gasteiger partial charge in [-0.15, -0.1) is 5.10 Å². The molecule has 2 rings (SSSR count). The monoisotopic (exact) mass is 319 g/mol. The van der Waals surface area contributed by atoms with Gasteiger partial charge in [0, 0.05) is 12.1 Å². The van der Waals surface area contributed by atoms with Crippen molar-refractivity contribution in [3.8, 4) is 11.4 Å². The van der Waals surface area contributed by atoms with Gasteiger partial charge in [-0.3, -0.25) is 9.59 Å². The Kier molecular flexibility index (Phi) is 4.58. The van der Waals surface area contributed by atoms with Crippen LogP contribution in [0.3, 0.4) is 0 Å². The first kappa shape index (κ1) is 16.4. The zero-order valence-corrected chi connectivity index (χ0v) is 13.0. The third-order valence-electron chi connectivity index (χ3n) is 3.31. The van der Waals surface area contributed by atoms with Crippen molar-refractivity contribution >= 4 is 11.9 Å².